The molecule has 0 amide bonds. The summed E-state index contributed by atoms with van der Waals surface area (Å²) in [5.41, 5.74) is -0.634. The van der Waals surface area contributed by atoms with E-state index in [1.54, 1.807) is 6.92 Å². The molecule has 0 aliphatic rings. The zero-order chi connectivity index (χ0) is 12.2. The molecule has 0 spiro atoms. The van der Waals surface area contributed by atoms with Crippen molar-refractivity contribution in [2.24, 2.45) is 0 Å². The predicted octanol–water partition coefficient (Wildman–Crippen LogP) is 0.239. The molecule has 0 fully saturated rings. The first-order valence-corrected chi connectivity index (χ1v) is 6.55. The molecule has 1 heterocycles. The van der Waals surface area contributed by atoms with E-state index in [1.807, 2.05) is 6.92 Å². The van der Waals surface area contributed by atoms with Crippen LogP contribution in [0.2, 0.25) is 0 Å². The van der Waals surface area contributed by atoms with Crippen molar-refractivity contribution in [3.05, 3.63) is 12.4 Å². The van der Waals surface area contributed by atoms with E-state index in [1.165, 1.54) is 12.4 Å². The molecule has 1 unspecified atom stereocenters. The van der Waals surface area contributed by atoms with Crippen LogP contribution in [0.5, 0.6) is 0 Å². The van der Waals surface area contributed by atoms with Crippen LogP contribution in [0, 0.1) is 0 Å². The number of nitrogens with one attached hydrogen (secondary N) is 2. The smallest absolute Gasteiger partial charge is 0.244 e. The molecule has 0 aliphatic carbocycles. The number of nitrogens with zero attached hydrogens (tertiary/aromatic N) is 1. The van der Waals surface area contributed by atoms with Crippen molar-refractivity contribution >= 4 is 10.0 Å². The van der Waals surface area contributed by atoms with Gasteiger partial charge in [0.25, 0.3) is 0 Å². The van der Waals surface area contributed by atoms with Gasteiger partial charge in [0, 0.05) is 18.3 Å². The van der Waals surface area contributed by atoms with E-state index in [0.29, 0.717) is 12.8 Å². The summed E-state index contributed by atoms with van der Waals surface area (Å²) >= 11 is 0. The van der Waals surface area contributed by atoms with Crippen molar-refractivity contribution in [1.82, 2.24) is 14.9 Å². The summed E-state index contributed by atoms with van der Waals surface area (Å²) in [6.45, 7) is 3.58. The number of hydrogen-bond acceptors (Lipinski definition) is 4. The molecule has 1 aromatic heterocycles. The van der Waals surface area contributed by atoms with Gasteiger partial charge in [0.1, 0.15) is 4.90 Å². The van der Waals surface area contributed by atoms with E-state index in [0.717, 1.165) is 0 Å². The van der Waals surface area contributed by atoms with Gasteiger partial charge in [-0.25, -0.2) is 13.1 Å². The molecular weight excluding hydrogens is 230 g/mol. The Hall–Kier alpha value is -0.920. The van der Waals surface area contributed by atoms with Crippen LogP contribution >= 0.6 is 0 Å². The van der Waals surface area contributed by atoms with E-state index < -0.39 is 15.6 Å². The molecule has 0 radical (unpaired) electrons. The molecule has 92 valence electrons. The molecule has 6 nitrogen and oxygen atoms in total. The first-order chi connectivity index (χ1) is 7.43. The Balaban J connectivity index is 2.87. The number of sulfonamides is 1. The quantitative estimate of drug-likeness (QED) is 0.671. The van der Waals surface area contributed by atoms with Crippen LogP contribution < -0.4 is 4.72 Å². The Morgan fingerprint density at radius 2 is 2.31 bits per heavy atom. The minimum atomic E-state index is -3.56. The Kier molecular flexibility index (Phi) is 4.06. The number of aliphatic hydroxyl groups is 1. The number of aromatic nitrogens is 2. The molecule has 0 saturated heterocycles. The lowest BCUT2D eigenvalue weighted by molar-refractivity contribution is 0.233. The second-order valence-corrected chi connectivity index (χ2v) is 5.61. The van der Waals surface area contributed by atoms with Crippen molar-refractivity contribution in [3.63, 3.8) is 0 Å². The molecule has 3 N–H and O–H groups in total. The largest absolute Gasteiger partial charge is 0.396 e. The first kappa shape index (κ1) is 13.1. The fraction of sp³-hybridized carbons (Fsp3) is 0.667. The van der Waals surface area contributed by atoms with Gasteiger partial charge in [-0.15, -0.1) is 0 Å². The van der Waals surface area contributed by atoms with E-state index in [2.05, 4.69) is 14.9 Å². The van der Waals surface area contributed by atoms with Crippen LogP contribution in [0.15, 0.2) is 17.3 Å². The van der Waals surface area contributed by atoms with Gasteiger partial charge >= 0.3 is 0 Å². The predicted molar refractivity (Wildman–Crippen MR) is 59.3 cm³/mol. The van der Waals surface area contributed by atoms with Crippen molar-refractivity contribution in [2.45, 2.75) is 37.1 Å². The lowest BCUT2D eigenvalue weighted by atomic mass is 9.97. The lowest BCUT2D eigenvalue weighted by Crippen LogP contribution is -2.45. The number of aromatic amines is 1. The van der Waals surface area contributed by atoms with Crippen molar-refractivity contribution in [1.29, 1.82) is 0 Å². The molecule has 0 aliphatic heterocycles. The van der Waals surface area contributed by atoms with Crippen LogP contribution in [0.1, 0.15) is 26.7 Å². The Labute approximate surface area is 95.1 Å². The lowest BCUT2D eigenvalue weighted by Gasteiger charge is -2.28. The topological polar surface area (TPSA) is 95.1 Å². The number of rotatable bonds is 6. The molecule has 7 heteroatoms. The van der Waals surface area contributed by atoms with Crippen molar-refractivity contribution in [3.8, 4) is 0 Å². The average Bonchev–Trinajstić information content (AvgIpc) is 2.70. The summed E-state index contributed by atoms with van der Waals surface area (Å²) in [5, 5.41) is 15.0. The van der Waals surface area contributed by atoms with Crippen LogP contribution in [0.25, 0.3) is 0 Å². The fourth-order valence-corrected chi connectivity index (χ4v) is 2.73. The third-order valence-corrected chi connectivity index (χ3v) is 4.21. The third kappa shape index (κ3) is 3.03. The SMILES string of the molecule is CCC(C)(CCO)NS(=O)(=O)c1cn[nH]c1. The van der Waals surface area contributed by atoms with E-state index in [9.17, 15) is 8.42 Å². The fourth-order valence-electron chi connectivity index (χ4n) is 1.32. The molecule has 16 heavy (non-hydrogen) atoms. The zero-order valence-corrected chi connectivity index (χ0v) is 10.2. The van der Waals surface area contributed by atoms with Crippen LogP contribution in [-0.4, -0.2) is 35.9 Å². The van der Waals surface area contributed by atoms with Gasteiger partial charge in [0.05, 0.1) is 6.20 Å². The van der Waals surface area contributed by atoms with E-state index in [4.69, 9.17) is 5.11 Å². The maximum absolute atomic E-state index is 11.9. The highest BCUT2D eigenvalue weighted by Gasteiger charge is 2.28. The number of aliphatic hydroxyl groups excluding tert-OH is 1. The molecular formula is C9H17N3O3S. The van der Waals surface area contributed by atoms with Gasteiger partial charge in [-0.3, -0.25) is 5.10 Å². The van der Waals surface area contributed by atoms with Crippen molar-refractivity contribution < 1.29 is 13.5 Å². The summed E-state index contributed by atoms with van der Waals surface area (Å²) in [5.74, 6) is 0. The molecule has 1 rings (SSSR count). The minimum absolute atomic E-state index is 0.0573. The molecule has 1 aromatic rings. The monoisotopic (exact) mass is 247 g/mol. The summed E-state index contributed by atoms with van der Waals surface area (Å²) in [7, 11) is -3.56. The summed E-state index contributed by atoms with van der Waals surface area (Å²) in [6, 6.07) is 0. The molecule has 0 bridgehead atoms. The normalized spacial score (nSPS) is 15.9. The number of H-pyrrole nitrogens is 1. The average molecular weight is 247 g/mol. The minimum Gasteiger partial charge on any atom is -0.396 e. The van der Waals surface area contributed by atoms with E-state index >= 15 is 0 Å². The Morgan fingerprint density at radius 1 is 1.62 bits per heavy atom. The maximum atomic E-state index is 11.9. The van der Waals surface area contributed by atoms with Gasteiger partial charge in [-0.05, 0) is 19.8 Å². The van der Waals surface area contributed by atoms with Crippen molar-refractivity contribution in [2.75, 3.05) is 6.61 Å². The van der Waals surface area contributed by atoms with Gasteiger partial charge in [0.2, 0.25) is 10.0 Å². The Bertz CT molecular complexity index is 415. The summed E-state index contributed by atoms with van der Waals surface area (Å²) in [4.78, 5) is 0.102. The van der Waals surface area contributed by atoms with Gasteiger partial charge in [-0.2, -0.15) is 5.10 Å². The number of hydrogen-bond donors (Lipinski definition) is 3. The highest BCUT2D eigenvalue weighted by atomic mass is 32.2. The third-order valence-electron chi connectivity index (χ3n) is 2.61. The van der Waals surface area contributed by atoms with Crippen LogP contribution in [-0.2, 0) is 10.0 Å². The Morgan fingerprint density at radius 3 is 2.75 bits per heavy atom. The second kappa shape index (κ2) is 4.94. The first-order valence-electron chi connectivity index (χ1n) is 5.07. The summed E-state index contributed by atoms with van der Waals surface area (Å²) < 4.78 is 26.4. The standard InChI is InChI=1S/C9H17N3O3S/c1-3-9(2,4-5-13)12-16(14,15)8-6-10-11-7-8/h6-7,12-13H,3-5H2,1-2H3,(H,10,11). The highest BCUT2D eigenvalue weighted by molar-refractivity contribution is 7.89. The van der Waals surface area contributed by atoms with E-state index in [-0.39, 0.29) is 11.5 Å². The zero-order valence-electron chi connectivity index (χ0n) is 9.40. The molecule has 1 atom stereocenters. The maximum Gasteiger partial charge on any atom is 0.244 e. The molecule has 0 aromatic carbocycles. The second-order valence-electron chi connectivity index (χ2n) is 3.93. The van der Waals surface area contributed by atoms with Gasteiger partial charge in [0.15, 0.2) is 0 Å². The van der Waals surface area contributed by atoms with Crippen LogP contribution in [0.4, 0.5) is 0 Å². The summed E-state index contributed by atoms with van der Waals surface area (Å²) in [6.07, 6.45) is 3.54. The molecule has 0 saturated carbocycles. The van der Waals surface area contributed by atoms with Crippen LogP contribution in [0.3, 0.4) is 0 Å². The van der Waals surface area contributed by atoms with Gasteiger partial charge < -0.3 is 5.11 Å². The van der Waals surface area contributed by atoms with Gasteiger partial charge in [-0.1, -0.05) is 6.92 Å². The highest BCUT2D eigenvalue weighted by Crippen LogP contribution is 2.18.